The Kier molecular flexibility index (Phi) is 50.5. The van der Waals surface area contributed by atoms with Gasteiger partial charge in [0.2, 0.25) is 0 Å². The molecule has 0 saturated carbocycles. The maximum absolute atomic E-state index is 3.49. The van der Waals surface area contributed by atoms with Crippen LogP contribution in [0.4, 0.5) is 0 Å². The van der Waals surface area contributed by atoms with Gasteiger partial charge in [0.05, 0.1) is 6.54 Å². The predicted octanol–water partition coefficient (Wildman–Crippen LogP) is -6.58. The lowest BCUT2D eigenvalue weighted by molar-refractivity contribution is -0.352. The molecule has 0 radical (unpaired) electrons. The van der Waals surface area contributed by atoms with Gasteiger partial charge in [-0.25, -0.2) is 0 Å². The summed E-state index contributed by atoms with van der Waals surface area (Å²) < 4.78 is 0. The predicted molar refractivity (Wildman–Crippen MR) is 18.0 cm³/mol. The summed E-state index contributed by atoms with van der Waals surface area (Å²) >= 11 is 0. The summed E-state index contributed by atoms with van der Waals surface area (Å²) in [6.45, 7) is 4.25. The third-order valence-corrected chi connectivity index (χ3v) is 0.204. The molecule has 3 heteroatoms. The standard InChI is InChI=1S/C3H7N.2ClH/c1-2-3-4;;/h2H,1,3-4H2;2*1H/p-1. The summed E-state index contributed by atoms with van der Waals surface area (Å²) in [5.74, 6) is 0. The molecule has 0 rings (SSSR count). The quantitative estimate of drug-likeness (QED) is 0.341. The monoisotopic (exact) mass is 128 g/mol. The number of hydrogen-bond acceptors (Lipinski definition) is 0. The molecule has 1 nitrogen and oxygen atoms in total. The normalized spacial score (nSPS) is 4.17. The van der Waals surface area contributed by atoms with Crippen LogP contribution in [0, 0.1) is 0 Å². The Morgan fingerprint density at radius 2 is 1.67 bits per heavy atom. The van der Waals surface area contributed by atoms with Crippen LogP contribution in [0.25, 0.3) is 0 Å². The molecule has 0 saturated heterocycles. The van der Waals surface area contributed by atoms with E-state index in [0.717, 1.165) is 6.54 Å². The van der Waals surface area contributed by atoms with Crippen molar-refractivity contribution in [2.75, 3.05) is 6.54 Å². The lowest BCUT2D eigenvalue weighted by atomic mass is 10.7. The van der Waals surface area contributed by atoms with Crippen LogP contribution in [0.1, 0.15) is 0 Å². The Morgan fingerprint density at radius 1 is 1.50 bits per heavy atom. The minimum absolute atomic E-state index is 0. The average Bonchev–Trinajstić information content (AvgIpc) is 1.37. The van der Waals surface area contributed by atoms with Gasteiger partial charge < -0.3 is 30.5 Å². The molecule has 0 aliphatic rings. The molecule has 0 aromatic rings. The first-order valence-electron chi connectivity index (χ1n) is 1.32. The molecule has 0 unspecified atom stereocenters. The minimum atomic E-state index is 0. The highest BCUT2D eigenvalue weighted by Crippen LogP contribution is 1.36. The zero-order valence-electron chi connectivity index (χ0n) is 3.45. The van der Waals surface area contributed by atoms with Crippen LogP contribution in [-0.4, -0.2) is 6.54 Å². The van der Waals surface area contributed by atoms with E-state index in [0.29, 0.717) is 0 Å². The molecule has 0 aromatic heterocycles. The summed E-state index contributed by atoms with van der Waals surface area (Å²) in [5.41, 5.74) is 3.49. The average molecular weight is 129 g/mol. The second kappa shape index (κ2) is 18.6. The summed E-state index contributed by atoms with van der Waals surface area (Å²) in [6.07, 6.45) is 1.76. The fourth-order valence-electron chi connectivity index (χ4n) is 0. The van der Waals surface area contributed by atoms with Gasteiger partial charge >= 0.3 is 0 Å². The van der Waals surface area contributed by atoms with Crippen LogP contribution in [0.15, 0.2) is 12.7 Å². The maximum atomic E-state index is 3.49. The van der Waals surface area contributed by atoms with E-state index in [1.807, 2.05) is 0 Å². The van der Waals surface area contributed by atoms with Gasteiger partial charge in [-0.3, -0.25) is 0 Å². The van der Waals surface area contributed by atoms with Crippen LogP contribution in [0.2, 0.25) is 0 Å². The molecule has 40 valence electrons. The topological polar surface area (TPSA) is 27.6 Å². The second-order valence-electron chi connectivity index (χ2n) is 0.577. The van der Waals surface area contributed by atoms with E-state index in [4.69, 9.17) is 0 Å². The third kappa shape index (κ3) is 28.1. The molecule has 0 aliphatic carbocycles. The van der Waals surface area contributed by atoms with E-state index in [-0.39, 0.29) is 24.8 Å². The molecule has 0 heterocycles. The number of rotatable bonds is 1. The Morgan fingerprint density at radius 3 is 1.67 bits per heavy atom. The number of quaternary nitrogens is 1. The highest BCUT2D eigenvalue weighted by atomic mass is 35.5. The van der Waals surface area contributed by atoms with Gasteiger partial charge in [0.1, 0.15) is 0 Å². The SMILES string of the molecule is C=CC[NH3+].[Cl-].[Cl-]. The Hall–Kier alpha value is 0.280. The van der Waals surface area contributed by atoms with Gasteiger partial charge in [0, 0.05) is 0 Å². The molecule has 0 fully saturated rings. The van der Waals surface area contributed by atoms with Crippen molar-refractivity contribution in [3.63, 3.8) is 0 Å². The number of hydrogen-bond donors (Lipinski definition) is 1. The lowest BCUT2D eigenvalue weighted by Gasteiger charge is -1.57. The summed E-state index contributed by atoms with van der Waals surface area (Å²) in [4.78, 5) is 0. The van der Waals surface area contributed by atoms with Gasteiger partial charge in [-0.05, 0) is 6.08 Å². The van der Waals surface area contributed by atoms with Crippen molar-refractivity contribution in [3.05, 3.63) is 12.7 Å². The van der Waals surface area contributed by atoms with E-state index in [2.05, 4.69) is 12.3 Å². The summed E-state index contributed by atoms with van der Waals surface area (Å²) in [5, 5.41) is 0. The highest BCUT2D eigenvalue weighted by molar-refractivity contribution is 4.59. The molecular formula is C3H8Cl2N-. The van der Waals surface area contributed by atoms with Crippen LogP contribution in [-0.2, 0) is 0 Å². The van der Waals surface area contributed by atoms with Crippen molar-refractivity contribution >= 4 is 0 Å². The second-order valence-corrected chi connectivity index (χ2v) is 0.577. The van der Waals surface area contributed by atoms with Crippen molar-refractivity contribution in [1.82, 2.24) is 0 Å². The van der Waals surface area contributed by atoms with Gasteiger partial charge in [0.25, 0.3) is 0 Å². The van der Waals surface area contributed by atoms with E-state index >= 15 is 0 Å². The zero-order valence-corrected chi connectivity index (χ0v) is 4.97. The molecule has 0 amide bonds. The molecular weight excluding hydrogens is 121 g/mol. The van der Waals surface area contributed by atoms with Crippen LogP contribution < -0.4 is 30.5 Å². The van der Waals surface area contributed by atoms with Crippen LogP contribution in [0.3, 0.4) is 0 Å². The van der Waals surface area contributed by atoms with Crippen molar-refractivity contribution in [2.45, 2.75) is 0 Å². The van der Waals surface area contributed by atoms with Crippen molar-refractivity contribution < 1.29 is 30.5 Å². The van der Waals surface area contributed by atoms with Gasteiger partial charge in [-0.15, -0.1) is 0 Å². The largest absolute Gasteiger partial charge is 1.00 e. The molecule has 6 heavy (non-hydrogen) atoms. The Labute approximate surface area is 50.4 Å². The highest BCUT2D eigenvalue weighted by Gasteiger charge is 1.48. The van der Waals surface area contributed by atoms with Gasteiger partial charge in [0.15, 0.2) is 0 Å². The molecule has 0 spiro atoms. The van der Waals surface area contributed by atoms with E-state index < -0.39 is 0 Å². The Balaban J connectivity index is -0.0000000450. The molecule has 0 aromatic carbocycles. The van der Waals surface area contributed by atoms with Crippen LogP contribution in [0.5, 0.6) is 0 Å². The first-order chi connectivity index (χ1) is 1.91. The minimum Gasteiger partial charge on any atom is -1.00 e. The first-order valence-corrected chi connectivity index (χ1v) is 1.32. The van der Waals surface area contributed by atoms with Gasteiger partial charge in [-0.2, -0.15) is 0 Å². The Bertz CT molecular complexity index is 22.8. The molecule has 3 N–H and O–H groups in total. The van der Waals surface area contributed by atoms with Crippen molar-refractivity contribution in [1.29, 1.82) is 0 Å². The maximum Gasteiger partial charge on any atom is 0.0924 e. The van der Waals surface area contributed by atoms with E-state index in [9.17, 15) is 0 Å². The number of halogens is 2. The fraction of sp³-hybridized carbons (Fsp3) is 0.333. The first kappa shape index (κ1) is 16.3. The summed E-state index contributed by atoms with van der Waals surface area (Å²) in [6, 6.07) is 0. The van der Waals surface area contributed by atoms with E-state index in [1.54, 1.807) is 6.08 Å². The zero-order chi connectivity index (χ0) is 3.41. The molecule has 0 bridgehead atoms. The third-order valence-electron chi connectivity index (χ3n) is 0.204. The fourth-order valence-corrected chi connectivity index (χ4v) is 0. The van der Waals surface area contributed by atoms with Crippen molar-refractivity contribution in [2.24, 2.45) is 0 Å². The molecule has 0 atom stereocenters. The van der Waals surface area contributed by atoms with Crippen LogP contribution >= 0.6 is 0 Å². The lowest BCUT2D eigenvalue weighted by Crippen LogP contribution is -3.00. The van der Waals surface area contributed by atoms with Crippen molar-refractivity contribution in [3.8, 4) is 0 Å². The van der Waals surface area contributed by atoms with Gasteiger partial charge in [-0.1, -0.05) is 6.58 Å². The molecule has 0 aliphatic heterocycles. The van der Waals surface area contributed by atoms with E-state index in [1.165, 1.54) is 0 Å². The smallest absolute Gasteiger partial charge is 0.0924 e. The summed E-state index contributed by atoms with van der Waals surface area (Å²) in [7, 11) is 0.